The molecule has 0 atom stereocenters. The van der Waals surface area contributed by atoms with E-state index in [9.17, 15) is 21.6 Å². The number of hydrogen-bond donors (Lipinski definition) is 1. The Morgan fingerprint density at radius 3 is 2.06 bits per heavy atom. The lowest BCUT2D eigenvalue weighted by atomic mass is 10.3. The van der Waals surface area contributed by atoms with Crippen LogP contribution in [0.2, 0.25) is 0 Å². The third-order valence-corrected chi connectivity index (χ3v) is 9.55. The lowest BCUT2D eigenvalue weighted by Crippen LogP contribution is -2.39. The van der Waals surface area contributed by atoms with Gasteiger partial charge in [0.15, 0.2) is 0 Å². The number of sulfonamides is 2. The van der Waals surface area contributed by atoms with Crippen LogP contribution >= 0.6 is 0 Å². The molecule has 0 aromatic heterocycles. The Morgan fingerprint density at radius 1 is 0.848 bits per heavy atom. The molecule has 2 amide bonds. The van der Waals surface area contributed by atoms with Gasteiger partial charge in [-0.25, -0.2) is 21.6 Å². The monoisotopic (exact) mass is 494 g/mol. The van der Waals surface area contributed by atoms with Crippen molar-refractivity contribution in [3.05, 3.63) is 54.6 Å². The van der Waals surface area contributed by atoms with Crippen LogP contribution in [0.15, 0.2) is 64.4 Å². The zero-order valence-corrected chi connectivity index (χ0v) is 20.5. The summed E-state index contributed by atoms with van der Waals surface area (Å²) in [6.45, 7) is 5.30. The van der Waals surface area contributed by atoms with Gasteiger partial charge in [0.05, 0.1) is 9.79 Å². The van der Waals surface area contributed by atoms with Crippen LogP contribution in [0.4, 0.5) is 10.5 Å². The molecule has 0 spiro atoms. The van der Waals surface area contributed by atoms with Crippen LogP contribution < -0.4 is 5.32 Å². The van der Waals surface area contributed by atoms with Crippen molar-refractivity contribution >= 4 is 31.8 Å². The van der Waals surface area contributed by atoms with Crippen LogP contribution in [0, 0.1) is 0 Å². The molecule has 1 heterocycles. The fourth-order valence-electron chi connectivity index (χ4n) is 3.71. The van der Waals surface area contributed by atoms with Crippen molar-refractivity contribution in [2.24, 2.45) is 0 Å². The fourth-order valence-corrected chi connectivity index (χ4v) is 6.63. The SMILES string of the molecule is CCN(CC)S(=O)(=O)c1ccc(S(=O)(=O)N2CCCN(C(=O)Nc3ccccc3)CC2)cc1. The number of nitrogens with one attached hydrogen (secondary N) is 1. The van der Waals surface area contributed by atoms with Crippen molar-refractivity contribution in [2.75, 3.05) is 44.6 Å². The van der Waals surface area contributed by atoms with Crippen LogP contribution in [-0.4, -0.2) is 75.6 Å². The van der Waals surface area contributed by atoms with Crippen LogP contribution in [0.1, 0.15) is 20.3 Å². The molecule has 9 nitrogen and oxygen atoms in total. The molecule has 0 bridgehead atoms. The van der Waals surface area contributed by atoms with E-state index in [1.807, 2.05) is 18.2 Å². The van der Waals surface area contributed by atoms with Crippen molar-refractivity contribution in [1.29, 1.82) is 0 Å². The first-order valence-corrected chi connectivity index (χ1v) is 13.8. The first-order chi connectivity index (χ1) is 15.7. The van der Waals surface area contributed by atoms with E-state index in [1.54, 1.807) is 30.9 Å². The maximum atomic E-state index is 13.2. The quantitative estimate of drug-likeness (QED) is 0.637. The molecule has 1 aliphatic heterocycles. The summed E-state index contributed by atoms with van der Waals surface area (Å²) in [7, 11) is -7.48. The summed E-state index contributed by atoms with van der Waals surface area (Å²) in [5.74, 6) is 0. The molecule has 1 saturated heterocycles. The largest absolute Gasteiger partial charge is 0.323 e. The van der Waals surface area contributed by atoms with Crippen molar-refractivity contribution in [2.45, 2.75) is 30.1 Å². The van der Waals surface area contributed by atoms with E-state index in [0.717, 1.165) is 0 Å². The van der Waals surface area contributed by atoms with E-state index in [0.29, 0.717) is 31.7 Å². The number of urea groups is 1. The van der Waals surface area contributed by atoms with Gasteiger partial charge in [-0.15, -0.1) is 0 Å². The first-order valence-electron chi connectivity index (χ1n) is 10.9. The number of carbonyl (C=O) groups is 1. The van der Waals surface area contributed by atoms with Crippen molar-refractivity contribution in [3.63, 3.8) is 0 Å². The molecule has 3 rings (SSSR count). The molecule has 2 aromatic rings. The Kier molecular flexibility index (Phi) is 8.11. The minimum Gasteiger partial charge on any atom is -0.323 e. The van der Waals surface area contributed by atoms with E-state index >= 15 is 0 Å². The van der Waals surface area contributed by atoms with E-state index in [1.165, 1.54) is 32.9 Å². The molecule has 180 valence electrons. The number of para-hydroxylation sites is 1. The number of amides is 2. The van der Waals surface area contributed by atoms with E-state index in [4.69, 9.17) is 0 Å². The topological polar surface area (TPSA) is 107 Å². The van der Waals surface area contributed by atoms with Gasteiger partial charge in [0.1, 0.15) is 0 Å². The van der Waals surface area contributed by atoms with Gasteiger partial charge in [-0.3, -0.25) is 0 Å². The van der Waals surface area contributed by atoms with Gasteiger partial charge >= 0.3 is 6.03 Å². The molecular weight excluding hydrogens is 464 g/mol. The first kappa shape index (κ1) is 25.2. The zero-order chi connectivity index (χ0) is 24.1. The van der Waals surface area contributed by atoms with Gasteiger partial charge in [0.2, 0.25) is 20.0 Å². The number of rotatable bonds is 7. The van der Waals surface area contributed by atoms with Gasteiger partial charge in [-0.05, 0) is 42.8 Å². The fraction of sp³-hybridized carbons (Fsp3) is 0.409. The van der Waals surface area contributed by atoms with Crippen LogP contribution in [0.3, 0.4) is 0 Å². The average molecular weight is 495 g/mol. The Hall–Kier alpha value is -2.47. The van der Waals surface area contributed by atoms with Crippen LogP contribution in [-0.2, 0) is 20.0 Å². The maximum Gasteiger partial charge on any atom is 0.321 e. The lowest BCUT2D eigenvalue weighted by Gasteiger charge is -2.22. The molecular formula is C22H30N4O5S2. The minimum atomic E-state index is -3.82. The summed E-state index contributed by atoms with van der Waals surface area (Å²) in [6.07, 6.45) is 0.496. The highest BCUT2D eigenvalue weighted by Gasteiger charge is 2.29. The lowest BCUT2D eigenvalue weighted by molar-refractivity contribution is 0.214. The molecule has 11 heteroatoms. The number of nitrogens with zero attached hydrogens (tertiary/aromatic N) is 3. The molecule has 2 aromatic carbocycles. The Labute approximate surface area is 196 Å². The number of carbonyl (C=O) groups excluding carboxylic acids is 1. The zero-order valence-electron chi connectivity index (χ0n) is 18.8. The maximum absolute atomic E-state index is 13.2. The second-order valence-electron chi connectivity index (χ2n) is 7.60. The third kappa shape index (κ3) is 5.72. The third-order valence-electron chi connectivity index (χ3n) is 5.57. The Bertz CT molecular complexity index is 1150. The molecule has 1 N–H and O–H groups in total. The summed E-state index contributed by atoms with van der Waals surface area (Å²) < 4.78 is 54.3. The predicted octanol–water partition coefficient (Wildman–Crippen LogP) is 2.65. The second kappa shape index (κ2) is 10.6. The summed E-state index contributed by atoms with van der Waals surface area (Å²) in [5.41, 5.74) is 0.677. The predicted molar refractivity (Wildman–Crippen MR) is 127 cm³/mol. The number of benzene rings is 2. The van der Waals surface area contributed by atoms with E-state index < -0.39 is 20.0 Å². The molecule has 0 saturated carbocycles. The van der Waals surface area contributed by atoms with Crippen molar-refractivity contribution in [3.8, 4) is 0 Å². The van der Waals surface area contributed by atoms with Gasteiger partial charge in [0, 0.05) is 45.0 Å². The molecule has 0 aliphatic carbocycles. The van der Waals surface area contributed by atoms with Crippen LogP contribution in [0.5, 0.6) is 0 Å². The van der Waals surface area contributed by atoms with Crippen LogP contribution in [0.25, 0.3) is 0 Å². The number of hydrogen-bond acceptors (Lipinski definition) is 5. The standard InChI is InChI=1S/C22H30N4O5S2/c1-3-25(4-2)32(28,29)20-11-13-21(14-12-20)33(30,31)26-16-8-15-24(17-18-26)22(27)23-19-9-6-5-7-10-19/h5-7,9-14H,3-4,8,15-18H2,1-2H3,(H,23,27). The smallest absolute Gasteiger partial charge is 0.321 e. The van der Waals surface area contributed by atoms with Gasteiger partial charge in [0.25, 0.3) is 0 Å². The van der Waals surface area contributed by atoms with Gasteiger partial charge in [-0.1, -0.05) is 32.0 Å². The van der Waals surface area contributed by atoms with Crippen molar-refractivity contribution in [1.82, 2.24) is 13.5 Å². The molecule has 0 unspecified atom stereocenters. The summed E-state index contributed by atoms with van der Waals surface area (Å²) in [6, 6.07) is 14.1. The van der Waals surface area contributed by atoms with E-state index in [2.05, 4.69) is 5.32 Å². The van der Waals surface area contributed by atoms with Gasteiger partial charge in [-0.2, -0.15) is 8.61 Å². The minimum absolute atomic E-state index is 0.0307. The highest BCUT2D eigenvalue weighted by molar-refractivity contribution is 7.89. The normalized spacial score (nSPS) is 15.9. The number of anilines is 1. The highest BCUT2D eigenvalue weighted by atomic mass is 32.2. The molecule has 1 aliphatic rings. The Morgan fingerprint density at radius 2 is 1.45 bits per heavy atom. The van der Waals surface area contributed by atoms with Crippen molar-refractivity contribution < 1.29 is 21.6 Å². The highest BCUT2D eigenvalue weighted by Crippen LogP contribution is 2.22. The second-order valence-corrected chi connectivity index (χ2v) is 11.5. The summed E-state index contributed by atoms with van der Waals surface area (Å²) in [5, 5.41) is 2.82. The summed E-state index contributed by atoms with van der Waals surface area (Å²) >= 11 is 0. The molecule has 0 radical (unpaired) electrons. The van der Waals surface area contributed by atoms with Gasteiger partial charge < -0.3 is 10.2 Å². The van der Waals surface area contributed by atoms with E-state index in [-0.39, 0.29) is 35.5 Å². The Balaban J connectivity index is 1.70. The average Bonchev–Trinajstić information content (AvgIpc) is 3.07. The summed E-state index contributed by atoms with van der Waals surface area (Å²) in [4.78, 5) is 14.3. The molecule has 33 heavy (non-hydrogen) atoms. The molecule has 1 fully saturated rings.